The molecular weight excluding hydrogens is 324 g/mol. The lowest BCUT2D eigenvalue weighted by molar-refractivity contribution is -0.134. The molecule has 1 heterocycles. The van der Waals surface area contributed by atoms with Gasteiger partial charge in [0.15, 0.2) is 0 Å². The van der Waals surface area contributed by atoms with E-state index in [2.05, 4.69) is 16.3 Å². The fourth-order valence-electron chi connectivity index (χ4n) is 3.99. The lowest BCUT2D eigenvalue weighted by Crippen LogP contribution is -2.48. The molecule has 24 heavy (non-hydrogen) atoms. The van der Waals surface area contributed by atoms with Gasteiger partial charge in [-0.2, -0.15) is 0 Å². The topological polar surface area (TPSA) is 41.6 Å². The van der Waals surface area contributed by atoms with Gasteiger partial charge in [-0.15, -0.1) is 12.4 Å². The third-order valence-electron chi connectivity index (χ3n) is 5.30. The largest absolute Gasteiger partial charge is 0.496 e. The molecule has 3 rings (SSSR count). The first-order valence-corrected chi connectivity index (χ1v) is 8.92. The molecule has 1 aliphatic carbocycles. The third-order valence-corrected chi connectivity index (χ3v) is 5.30. The lowest BCUT2D eigenvalue weighted by atomic mass is 9.98. The molecule has 2 aliphatic rings. The summed E-state index contributed by atoms with van der Waals surface area (Å²) in [6, 6.07) is 8.13. The molecule has 0 spiro atoms. The van der Waals surface area contributed by atoms with Gasteiger partial charge in [-0.1, -0.05) is 43.9 Å². The van der Waals surface area contributed by atoms with Gasteiger partial charge in [0.25, 0.3) is 0 Å². The van der Waals surface area contributed by atoms with Gasteiger partial charge in [0.05, 0.1) is 13.2 Å². The minimum atomic E-state index is 0. The highest BCUT2D eigenvalue weighted by Crippen LogP contribution is 2.32. The molecule has 1 unspecified atom stereocenters. The summed E-state index contributed by atoms with van der Waals surface area (Å²) in [5, 5.41) is 3.42. The number of amides is 1. The predicted molar refractivity (Wildman–Crippen MR) is 98.8 cm³/mol. The minimum absolute atomic E-state index is 0. The van der Waals surface area contributed by atoms with E-state index in [0.717, 1.165) is 43.3 Å². The summed E-state index contributed by atoms with van der Waals surface area (Å²) in [4.78, 5) is 14.9. The highest BCUT2D eigenvalue weighted by atomic mass is 35.5. The standard InChI is InChI=1S/C19H28N2O2.ClH/c1-23-18-9-5-4-8-16(18)17-14-20-12-13-21(17)19(22)11-10-15-6-2-3-7-15;/h4-5,8-9,15,17,20H,2-3,6-7,10-14H2,1H3;1H. The summed E-state index contributed by atoms with van der Waals surface area (Å²) in [6.45, 7) is 2.46. The first-order chi connectivity index (χ1) is 11.3. The number of rotatable bonds is 5. The van der Waals surface area contributed by atoms with Crippen LogP contribution in [0.2, 0.25) is 0 Å². The molecule has 134 valence electrons. The minimum Gasteiger partial charge on any atom is -0.496 e. The molecule has 1 aliphatic heterocycles. The molecule has 1 N–H and O–H groups in total. The van der Waals surface area contributed by atoms with Crippen molar-refractivity contribution < 1.29 is 9.53 Å². The predicted octanol–water partition coefficient (Wildman–Crippen LogP) is 3.56. The average molecular weight is 353 g/mol. The van der Waals surface area contributed by atoms with Crippen molar-refractivity contribution in [3.8, 4) is 5.75 Å². The van der Waals surface area contributed by atoms with Crippen molar-refractivity contribution in [2.75, 3.05) is 26.7 Å². The zero-order valence-electron chi connectivity index (χ0n) is 14.5. The Balaban J connectivity index is 0.00000208. The summed E-state index contributed by atoms with van der Waals surface area (Å²) in [7, 11) is 1.70. The van der Waals surface area contributed by atoms with Crippen LogP contribution in [-0.2, 0) is 4.79 Å². The smallest absolute Gasteiger partial charge is 0.223 e. The quantitative estimate of drug-likeness (QED) is 0.881. The van der Waals surface area contributed by atoms with Crippen LogP contribution in [0.4, 0.5) is 0 Å². The van der Waals surface area contributed by atoms with Gasteiger partial charge in [0.2, 0.25) is 5.91 Å². The summed E-state index contributed by atoms with van der Waals surface area (Å²) in [5.74, 6) is 1.94. The second kappa shape index (κ2) is 9.28. The molecule has 1 atom stereocenters. The number of nitrogens with zero attached hydrogens (tertiary/aromatic N) is 1. The molecule has 4 nitrogen and oxygen atoms in total. The van der Waals surface area contributed by atoms with Crippen LogP contribution in [0.3, 0.4) is 0 Å². The number of carbonyl (C=O) groups is 1. The first-order valence-electron chi connectivity index (χ1n) is 8.92. The molecule has 0 radical (unpaired) electrons. The Morgan fingerprint density at radius 2 is 2.04 bits per heavy atom. The Hall–Kier alpha value is -1.26. The van der Waals surface area contributed by atoms with E-state index >= 15 is 0 Å². The van der Waals surface area contributed by atoms with Crippen LogP contribution < -0.4 is 10.1 Å². The molecule has 0 aromatic heterocycles. The zero-order chi connectivity index (χ0) is 16.1. The molecule has 1 saturated heterocycles. The number of ether oxygens (including phenoxy) is 1. The molecular formula is C19H29ClN2O2. The Kier molecular flexibility index (Phi) is 7.38. The van der Waals surface area contributed by atoms with E-state index in [-0.39, 0.29) is 18.4 Å². The van der Waals surface area contributed by atoms with Gasteiger partial charge >= 0.3 is 0 Å². The second-order valence-electron chi connectivity index (χ2n) is 6.74. The lowest BCUT2D eigenvalue weighted by Gasteiger charge is -2.37. The maximum atomic E-state index is 12.8. The van der Waals surface area contributed by atoms with E-state index in [4.69, 9.17) is 4.74 Å². The molecule has 1 amide bonds. The number of para-hydroxylation sites is 1. The Morgan fingerprint density at radius 1 is 1.29 bits per heavy atom. The highest BCUT2D eigenvalue weighted by Gasteiger charge is 2.30. The van der Waals surface area contributed by atoms with Crippen molar-refractivity contribution in [2.24, 2.45) is 5.92 Å². The van der Waals surface area contributed by atoms with E-state index in [9.17, 15) is 4.79 Å². The van der Waals surface area contributed by atoms with Crippen LogP contribution in [0.15, 0.2) is 24.3 Å². The Morgan fingerprint density at radius 3 is 2.79 bits per heavy atom. The number of benzene rings is 1. The van der Waals surface area contributed by atoms with Gasteiger partial charge < -0.3 is 15.0 Å². The number of nitrogens with one attached hydrogen (secondary N) is 1. The number of piperazine rings is 1. The van der Waals surface area contributed by atoms with E-state index in [1.807, 2.05) is 18.2 Å². The van der Waals surface area contributed by atoms with Crippen molar-refractivity contribution in [3.05, 3.63) is 29.8 Å². The first kappa shape index (κ1) is 19.1. The monoisotopic (exact) mass is 352 g/mol. The maximum Gasteiger partial charge on any atom is 0.223 e. The molecule has 2 fully saturated rings. The number of carbonyl (C=O) groups excluding carboxylic acids is 1. The van der Waals surface area contributed by atoms with Crippen molar-refractivity contribution in [1.29, 1.82) is 0 Å². The Bertz CT molecular complexity index is 532. The SMILES string of the molecule is COc1ccccc1C1CNCCN1C(=O)CCC1CCCC1.Cl. The fourth-order valence-corrected chi connectivity index (χ4v) is 3.99. The van der Waals surface area contributed by atoms with Gasteiger partial charge in [-0.05, 0) is 18.4 Å². The molecule has 1 aromatic rings. The van der Waals surface area contributed by atoms with Gasteiger partial charge in [-0.3, -0.25) is 4.79 Å². The normalized spacial score (nSPS) is 21.4. The van der Waals surface area contributed by atoms with E-state index < -0.39 is 0 Å². The van der Waals surface area contributed by atoms with E-state index in [0.29, 0.717) is 12.3 Å². The summed E-state index contributed by atoms with van der Waals surface area (Å²) in [5.41, 5.74) is 1.11. The number of halogens is 1. The average Bonchev–Trinajstić information content (AvgIpc) is 3.13. The summed E-state index contributed by atoms with van der Waals surface area (Å²) < 4.78 is 5.50. The van der Waals surface area contributed by atoms with Crippen molar-refractivity contribution in [3.63, 3.8) is 0 Å². The van der Waals surface area contributed by atoms with Gasteiger partial charge in [0, 0.05) is 31.6 Å². The van der Waals surface area contributed by atoms with Crippen LogP contribution in [0, 0.1) is 5.92 Å². The van der Waals surface area contributed by atoms with Crippen molar-refractivity contribution in [1.82, 2.24) is 10.2 Å². The van der Waals surface area contributed by atoms with Crippen LogP contribution in [-0.4, -0.2) is 37.6 Å². The number of hydrogen-bond donors (Lipinski definition) is 1. The second-order valence-corrected chi connectivity index (χ2v) is 6.74. The third kappa shape index (κ3) is 4.42. The van der Waals surface area contributed by atoms with Crippen LogP contribution in [0.5, 0.6) is 5.75 Å². The molecule has 1 saturated carbocycles. The highest BCUT2D eigenvalue weighted by molar-refractivity contribution is 5.85. The Labute approximate surface area is 151 Å². The van der Waals surface area contributed by atoms with Crippen LogP contribution in [0.25, 0.3) is 0 Å². The van der Waals surface area contributed by atoms with E-state index in [1.54, 1.807) is 7.11 Å². The van der Waals surface area contributed by atoms with Crippen LogP contribution in [0.1, 0.15) is 50.1 Å². The number of methoxy groups -OCH3 is 1. The van der Waals surface area contributed by atoms with Crippen molar-refractivity contribution in [2.45, 2.75) is 44.6 Å². The number of hydrogen-bond acceptors (Lipinski definition) is 3. The maximum absolute atomic E-state index is 12.8. The molecule has 0 bridgehead atoms. The summed E-state index contributed by atoms with van der Waals surface area (Å²) >= 11 is 0. The van der Waals surface area contributed by atoms with E-state index in [1.165, 1.54) is 25.7 Å². The molecule has 1 aromatic carbocycles. The van der Waals surface area contributed by atoms with Crippen LogP contribution >= 0.6 is 12.4 Å². The fraction of sp³-hybridized carbons (Fsp3) is 0.632. The zero-order valence-corrected chi connectivity index (χ0v) is 15.3. The summed E-state index contributed by atoms with van der Waals surface area (Å²) in [6.07, 6.45) is 7.06. The van der Waals surface area contributed by atoms with Gasteiger partial charge in [-0.25, -0.2) is 0 Å². The van der Waals surface area contributed by atoms with Crippen molar-refractivity contribution >= 4 is 18.3 Å². The van der Waals surface area contributed by atoms with Gasteiger partial charge in [0.1, 0.15) is 5.75 Å². The molecule has 5 heteroatoms.